The second-order valence-electron chi connectivity index (χ2n) is 8.44. The van der Waals surface area contributed by atoms with Gasteiger partial charge in [0.2, 0.25) is 0 Å². The van der Waals surface area contributed by atoms with Crippen molar-refractivity contribution < 1.29 is 24.2 Å². The minimum absolute atomic E-state index is 0.0205. The third kappa shape index (κ3) is 7.74. The second kappa shape index (κ2) is 13.9. The summed E-state index contributed by atoms with van der Waals surface area (Å²) in [5, 5.41) is 22.4. The van der Waals surface area contributed by atoms with Crippen LogP contribution in [-0.2, 0) is 13.0 Å². The zero-order chi connectivity index (χ0) is 27.5. The van der Waals surface area contributed by atoms with Crippen LogP contribution in [-0.4, -0.2) is 63.3 Å². The molecule has 0 saturated carbocycles. The number of nitrogens with one attached hydrogen (secondary N) is 1. The summed E-state index contributed by atoms with van der Waals surface area (Å²) < 4.78 is 14.5. The van der Waals surface area contributed by atoms with Gasteiger partial charge < -0.3 is 30.7 Å². The molecule has 2 aromatic heterocycles. The molecular weight excluding hydrogens is 481 g/mol. The average molecular weight is 516 g/mol. The molecule has 2 amide bonds. The fourth-order valence-corrected chi connectivity index (χ4v) is 3.38. The number of pyridine rings is 2. The fraction of sp³-hybridized carbons (Fsp3) is 0.385. The van der Waals surface area contributed by atoms with E-state index in [1.54, 1.807) is 18.2 Å². The third-order valence-corrected chi connectivity index (χ3v) is 5.49. The minimum Gasteiger partial charge on any atom is -0.505 e. The lowest BCUT2D eigenvalue weighted by Crippen LogP contribution is -2.36. The maximum absolute atomic E-state index is 13.2. The Bertz CT molecular complexity index is 1280. The first-order valence-electron chi connectivity index (χ1n) is 12.1. The number of hydrogen-bond acceptors (Lipinski definition) is 6. The highest BCUT2D eigenvalue weighted by molar-refractivity contribution is 6.01. The van der Waals surface area contributed by atoms with Crippen molar-refractivity contribution in [1.29, 1.82) is 0 Å². The van der Waals surface area contributed by atoms with Gasteiger partial charge in [0.05, 0.1) is 5.52 Å². The molecule has 0 aliphatic carbocycles. The van der Waals surface area contributed by atoms with Gasteiger partial charge in [-0.2, -0.15) is 0 Å². The monoisotopic (exact) mass is 515 g/mol. The second-order valence-corrected chi connectivity index (χ2v) is 8.44. The number of benzene rings is 1. The smallest absolute Gasteiger partial charge is 0.407 e. The molecule has 0 bridgehead atoms. The topological polar surface area (TPSA) is 151 Å². The molecule has 1 aromatic carbocycles. The van der Waals surface area contributed by atoms with E-state index in [4.69, 9.17) is 10.8 Å². The maximum atomic E-state index is 13.2. The Hall–Kier alpha value is -3.99. The molecule has 0 radical (unpaired) electrons. The van der Waals surface area contributed by atoms with Crippen LogP contribution in [0.1, 0.15) is 48.2 Å². The molecule has 0 saturated heterocycles. The number of carboxylic acid groups (broad SMARTS) is 1. The lowest BCUT2D eigenvalue weighted by Gasteiger charge is -2.18. The van der Waals surface area contributed by atoms with E-state index in [0.29, 0.717) is 24.9 Å². The fourth-order valence-electron chi connectivity index (χ4n) is 3.38. The van der Waals surface area contributed by atoms with E-state index >= 15 is 0 Å². The van der Waals surface area contributed by atoms with Crippen molar-refractivity contribution in [2.75, 3.05) is 26.7 Å². The number of nitrogens with zero attached hydrogens (tertiary/aromatic N) is 3. The number of fused-ring (bicyclic) bond motifs is 1. The molecule has 0 aliphatic heterocycles. The van der Waals surface area contributed by atoms with Crippen LogP contribution >= 0.6 is 0 Å². The summed E-state index contributed by atoms with van der Waals surface area (Å²) >= 11 is 0. The number of nitrogens with two attached hydrogens (primary N) is 1. The molecule has 200 valence electrons. The molecule has 0 aliphatic rings. The van der Waals surface area contributed by atoms with Gasteiger partial charge in [0.25, 0.3) is 11.5 Å². The predicted octanol–water partition coefficient (Wildman–Crippen LogP) is 2.94. The number of halogens is 1. The highest BCUT2D eigenvalue weighted by atomic mass is 19.1. The number of aromatic hydroxyl groups is 1. The van der Waals surface area contributed by atoms with Crippen molar-refractivity contribution in [3.8, 4) is 5.75 Å². The summed E-state index contributed by atoms with van der Waals surface area (Å²) in [5.41, 5.74) is 5.68. The van der Waals surface area contributed by atoms with E-state index in [1.165, 1.54) is 29.9 Å². The van der Waals surface area contributed by atoms with E-state index in [9.17, 15) is 23.9 Å². The van der Waals surface area contributed by atoms with Crippen molar-refractivity contribution in [2.24, 2.45) is 5.73 Å². The number of likely N-dealkylation sites (N-methyl/N-ethyl adjacent to an activating group) is 1. The lowest BCUT2D eigenvalue weighted by atomic mass is 10.1. The first-order valence-corrected chi connectivity index (χ1v) is 12.1. The molecule has 3 rings (SSSR count). The standard InChI is InChI=1S/C23H25FN4O5.C3H9N/c1-3-8-25-21(30)18-20(29)19-17(28(22(18)31)10-9-27(2)23(32)33)12-15(13-26-19)11-14-4-6-16(24)7-5-14;1-2-3-4/h4-7,12-13,29H,3,8-11H2,1-2H3,(H,25,30)(H,32,33);2-4H2,1H3. The summed E-state index contributed by atoms with van der Waals surface area (Å²) in [4.78, 5) is 42.3. The van der Waals surface area contributed by atoms with Crippen LogP contribution in [0.3, 0.4) is 0 Å². The van der Waals surface area contributed by atoms with E-state index in [2.05, 4.69) is 17.2 Å². The van der Waals surface area contributed by atoms with Crippen LogP contribution in [0, 0.1) is 5.82 Å². The quantitative estimate of drug-likeness (QED) is 0.342. The Labute approximate surface area is 214 Å². The van der Waals surface area contributed by atoms with Crippen molar-refractivity contribution >= 4 is 23.0 Å². The Balaban J connectivity index is 0.00000112. The average Bonchev–Trinajstić information content (AvgIpc) is 2.88. The number of carbonyl (C=O) groups excluding carboxylic acids is 1. The van der Waals surface area contributed by atoms with Gasteiger partial charge in [0, 0.05) is 32.9 Å². The number of hydrogen-bond donors (Lipinski definition) is 4. The number of amides is 2. The summed E-state index contributed by atoms with van der Waals surface area (Å²) in [5.74, 6) is -1.61. The largest absolute Gasteiger partial charge is 0.505 e. The molecule has 2 heterocycles. The first-order chi connectivity index (χ1) is 17.6. The molecule has 5 N–H and O–H groups in total. The predicted molar refractivity (Wildman–Crippen MR) is 139 cm³/mol. The Morgan fingerprint density at radius 3 is 2.38 bits per heavy atom. The van der Waals surface area contributed by atoms with Gasteiger partial charge in [-0.1, -0.05) is 26.0 Å². The molecule has 0 unspecified atom stereocenters. The van der Waals surface area contributed by atoms with Gasteiger partial charge in [0.1, 0.15) is 16.9 Å². The molecule has 37 heavy (non-hydrogen) atoms. The van der Waals surface area contributed by atoms with Crippen molar-refractivity contribution in [3.05, 3.63) is 69.4 Å². The van der Waals surface area contributed by atoms with Crippen LogP contribution in [0.5, 0.6) is 5.75 Å². The van der Waals surface area contributed by atoms with Crippen LogP contribution in [0.25, 0.3) is 11.0 Å². The summed E-state index contributed by atoms with van der Waals surface area (Å²) in [7, 11) is 1.36. The molecule has 0 fully saturated rings. The third-order valence-electron chi connectivity index (χ3n) is 5.49. The Morgan fingerprint density at radius 2 is 1.81 bits per heavy atom. The Morgan fingerprint density at radius 1 is 1.16 bits per heavy atom. The van der Waals surface area contributed by atoms with E-state index < -0.39 is 28.9 Å². The highest BCUT2D eigenvalue weighted by Gasteiger charge is 2.23. The molecule has 11 heteroatoms. The van der Waals surface area contributed by atoms with Gasteiger partial charge in [0.15, 0.2) is 5.75 Å². The minimum atomic E-state index is -1.16. The van der Waals surface area contributed by atoms with Crippen molar-refractivity contribution in [3.63, 3.8) is 0 Å². The van der Waals surface area contributed by atoms with Crippen LogP contribution in [0.4, 0.5) is 9.18 Å². The summed E-state index contributed by atoms with van der Waals surface area (Å²) in [6.45, 7) is 4.98. The highest BCUT2D eigenvalue weighted by Crippen LogP contribution is 2.26. The van der Waals surface area contributed by atoms with Crippen molar-refractivity contribution in [1.82, 2.24) is 19.8 Å². The number of aromatic nitrogens is 2. The first kappa shape index (κ1) is 29.2. The van der Waals surface area contributed by atoms with Crippen LogP contribution in [0.2, 0.25) is 0 Å². The van der Waals surface area contributed by atoms with Gasteiger partial charge in [-0.15, -0.1) is 0 Å². The van der Waals surface area contributed by atoms with E-state index in [0.717, 1.165) is 23.4 Å². The SMILES string of the molecule is CCCN.CCCNC(=O)c1c(O)c2ncc(Cc3ccc(F)cc3)cc2n(CCN(C)C(=O)O)c1=O. The van der Waals surface area contributed by atoms with Gasteiger partial charge in [-0.3, -0.25) is 14.6 Å². The van der Waals surface area contributed by atoms with Crippen LogP contribution in [0.15, 0.2) is 41.3 Å². The van der Waals surface area contributed by atoms with Gasteiger partial charge >= 0.3 is 6.09 Å². The zero-order valence-electron chi connectivity index (χ0n) is 21.3. The Kier molecular flexibility index (Phi) is 11.0. The normalized spacial score (nSPS) is 10.5. The molecule has 3 aromatic rings. The van der Waals surface area contributed by atoms with Gasteiger partial charge in [-0.05, 0) is 55.1 Å². The van der Waals surface area contributed by atoms with Crippen LogP contribution < -0.4 is 16.6 Å². The summed E-state index contributed by atoms with van der Waals surface area (Å²) in [6.07, 6.45) is 2.48. The molecule has 10 nitrogen and oxygen atoms in total. The van der Waals surface area contributed by atoms with Gasteiger partial charge in [-0.25, -0.2) is 9.18 Å². The number of carbonyl (C=O) groups is 2. The summed E-state index contributed by atoms with van der Waals surface area (Å²) in [6, 6.07) is 7.60. The lowest BCUT2D eigenvalue weighted by molar-refractivity contribution is 0.0948. The zero-order valence-corrected chi connectivity index (χ0v) is 21.3. The maximum Gasteiger partial charge on any atom is 0.407 e. The molecular formula is C26H34FN5O5. The number of rotatable bonds is 9. The molecule has 0 atom stereocenters. The van der Waals surface area contributed by atoms with Crippen molar-refractivity contribution in [2.45, 2.75) is 39.7 Å². The molecule has 0 spiro atoms. The van der Waals surface area contributed by atoms with E-state index in [1.807, 2.05) is 6.92 Å². The van der Waals surface area contributed by atoms with E-state index in [-0.39, 0.29) is 29.9 Å².